The van der Waals surface area contributed by atoms with Crippen molar-refractivity contribution in [3.05, 3.63) is 107 Å². The number of carboxylic acids is 1. The molecule has 0 fully saturated rings. The lowest BCUT2D eigenvalue weighted by molar-refractivity contribution is -0.138. The number of dihydropyridines is 1. The van der Waals surface area contributed by atoms with Crippen molar-refractivity contribution in [1.29, 1.82) is 0 Å². The maximum absolute atomic E-state index is 13.2. The molecule has 1 aliphatic rings. The summed E-state index contributed by atoms with van der Waals surface area (Å²) < 4.78 is 7.24. The SMILES string of the molecule is CCOC(=O)C1=C(c2cccc(-n3ccnc3)c2)NC(C)=C(C(=O)O)C1/C=C/c1ccccc1. The summed E-state index contributed by atoms with van der Waals surface area (Å²) in [5.41, 5.74) is 3.82. The Labute approximate surface area is 197 Å². The van der Waals surface area contributed by atoms with Crippen molar-refractivity contribution in [1.82, 2.24) is 14.9 Å². The third-order valence-electron chi connectivity index (χ3n) is 5.55. The van der Waals surface area contributed by atoms with E-state index in [1.165, 1.54) is 0 Å². The molecule has 2 N–H and O–H groups in total. The Hall–Kier alpha value is -4.39. The van der Waals surface area contributed by atoms with E-state index in [1.807, 2.05) is 71.4 Å². The first-order chi connectivity index (χ1) is 16.5. The molecule has 1 unspecified atom stereocenters. The Bertz CT molecular complexity index is 1290. The monoisotopic (exact) mass is 455 g/mol. The van der Waals surface area contributed by atoms with Crippen molar-refractivity contribution in [2.24, 2.45) is 5.92 Å². The maximum Gasteiger partial charge on any atom is 0.337 e. The van der Waals surface area contributed by atoms with Crippen LogP contribution < -0.4 is 5.32 Å². The summed E-state index contributed by atoms with van der Waals surface area (Å²) in [4.78, 5) is 29.6. The summed E-state index contributed by atoms with van der Waals surface area (Å²) in [6, 6.07) is 17.1. The first-order valence-electron chi connectivity index (χ1n) is 10.9. The molecule has 7 heteroatoms. The molecule has 2 aromatic carbocycles. The van der Waals surface area contributed by atoms with Crippen LogP contribution in [0.2, 0.25) is 0 Å². The molecule has 3 aromatic rings. The van der Waals surface area contributed by atoms with E-state index in [-0.39, 0.29) is 17.8 Å². The largest absolute Gasteiger partial charge is 0.478 e. The lowest BCUT2D eigenvalue weighted by atomic mass is 9.83. The van der Waals surface area contributed by atoms with Crippen LogP contribution in [0.25, 0.3) is 17.5 Å². The minimum Gasteiger partial charge on any atom is -0.478 e. The number of rotatable bonds is 7. The van der Waals surface area contributed by atoms with Crippen LogP contribution in [0.3, 0.4) is 0 Å². The average molecular weight is 456 g/mol. The number of allylic oxidation sites excluding steroid dienone is 2. The van der Waals surface area contributed by atoms with E-state index in [0.29, 0.717) is 11.4 Å². The highest BCUT2D eigenvalue weighted by Gasteiger charge is 2.36. The normalized spacial score (nSPS) is 16.0. The van der Waals surface area contributed by atoms with Gasteiger partial charge in [0.2, 0.25) is 0 Å². The fourth-order valence-electron chi connectivity index (χ4n) is 4.01. The third-order valence-corrected chi connectivity index (χ3v) is 5.55. The van der Waals surface area contributed by atoms with Crippen molar-refractivity contribution < 1.29 is 19.4 Å². The summed E-state index contributed by atoms with van der Waals surface area (Å²) in [6.45, 7) is 3.60. The molecule has 172 valence electrons. The van der Waals surface area contributed by atoms with Crippen LogP contribution in [0.4, 0.5) is 0 Å². The first-order valence-corrected chi connectivity index (χ1v) is 10.9. The molecule has 0 aliphatic carbocycles. The van der Waals surface area contributed by atoms with Gasteiger partial charge in [-0.2, -0.15) is 0 Å². The molecule has 0 saturated carbocycles. The summed E-state index contributed by atoms with van der Waals surface area (Å²) in [5, 5.41) is 13.2. The van der Waals surface area contributed by atoms with Crippen molar-refractivity contribution >= 4 is 23.7 Å². The number of carbonyl (C=O) groups excluding carboxylic acids is 1. The number of aliphatic carboxylic acids is 1. The van der Waals surface area contributed by atoms with Gasteiger partial charge in [-0.1, -0.05) is 54.6 Å². The van der Waals surface area contributed by atoms with Crippen LogP contribution in [0.15, 0.2) is 96.2 Å². The zero-order chi connectivity index (χ0) is 24.1. The number of ether oxygens (including phenoxy) is 1. The molecule has 1 atom stereocenters. The van der Waals surface area contributed by atoms with Crippen molar-refractivity contribution in [3.63, 3.8) is 0 Å². The van der Waals surface area contributed by atoms with Gasteiger partial charge in [0.05, 0.1) is 29.8 Å². The van der Waals surface area contributed by atoms with Gasteiger partial charge in [-0.05, 0) is 31.5 Å². The number of aromatic nitrogens is 2. The molecule has 1 aliphatic heterocycles. The van der Waals surface area contributed by atoms with E-state index in [2.05, 4.69) is 10.3 Å². The lowest BCUT2D eigenvalue weighted by Crippen LogP contribution is -2.32. The number of benzene rings is 2. The molecule has 0 spiro atoms. The minimum absolute atomic E-state index is 0.102. The molecule has 0 amide bonds. The molecule has 0 radical (unpaired) electrons. The van der Waals surface area contributed by atoms with Gasteiger partial charge in [0.25, 0.3) is 0 Å². The van der Waals surface area contributed by atoms with Crippen LogP contribution in [0, 0.1) is 5.92 Å². The van der Waals surface area contributed by atoms with Gasteiger partial charge in [-0.3, -0.25) is 0 Å². The second kappa shape index (κ2) is 10.0. The fraction of sp³-hybridized carbons (Fsp3) is 0.148. The van der Waals surface area contributed by atoms with Gasteiger partial charge in [-0.15, -0.1) is 0 Å². The quantitative estimate of drug-likeness (QED) is 0.512. The van der Waals surface area contributed by atoms with Crippen molar-refractivity contribution in [2.45, 2.75) is 13.8 Å². The zero-order valence-electron chi connectivity index (χ0n) is 18.9. The molecular formula is C27H25N3O4. The fourth-order valence-corrected chi connectivity index (χ4v) is 4.01. The minimum atomic E-state index is -1.10. The van der Waals surface area contributed by atoms with Gasteiger partial charge in [0, 0.05) is 35.3 Å². The molecule has 7 nitrogen and oxygen atoms in total. The Kier molecular flexibility index (Phi) is 6.73. The van der Waals surface area contributed by atoms with Gasteiger partial charge in [-0.25, -0.2) is 14.6 Å². The van der Waals surface area contributed by atoms with Crippen LogP contribution in [0.5, 0.6) is 0 Å². The number of imidazole rings is 1. The Morgan fingerprint density at radius 1 is 1.15 bits per heavy atom. The molecule has 2 heterocycles. The highest BCUT2D eigenvalue weighted by atomic mass is 16.5. The lowest BCUT2D eigenvalue weighted by Gasteiger charge is -2.29. The highest BCUT2D eigenvalue weighted by molar-refractivity contribution is 6.04. The molecule has 0 bridgehead atoms. The van der Waals surface area contributed by atoms with Gasteiger partial charge in [0.15, 0.2) is 0 Å². The summed E-state index contributed by atoms with van der Waals surface area (Å²) >= 11 is 0. The van der Waals surface area contributed by atoms with Crippen molar-refractivity contribution in [2.75, 3.05) is 6.61 Å². The molecule has 4 rings (SSSR count). The van der Waals surface area contributed by atoms with Crippen LogP contribution >= 0.6 is 0 Å². The predicted octanol–water partition coefficient (Wildman–Crippen LogP) is 4.44. The Morgan fingerprint density at radius 2 is 1.94 bits per heavy atom. The average Bonchev–Trinajstić information content (AvgIpc) is 3.38. The molecule has 1 aromatic heterocycles. The van der Waals surface area contributed by atoms with Gasteiger partial charge < -0.3 is 19.7 Å². The summed E-state index contributed by atoms with van der Waals surface area (Å²) in [5.74, 6) is -2.46. The summed E-state index contributed by atoms with van der Waals surface area (Å²) in [7, 11) is 0. The molecule has 0 saturated heterocycles. The number of carbonyl (C=O) groups is 2. The number of carboxylic acid groups (broad SMARTS) is 1. The van der Waals surface area contributed by atoms with E-state index >= 15 is 0 Å². The van der Waals surface area contributed by atoms with Crippen molar-refractivity contribution in [3.8, 4) is 5.69 Å². The number of nitrogens with zero attached hydrogens (tertiary/aromatic N) is 2. The molecule has 34 heavy (non-hydrogen) atoms. The number of esters is 1. The first kappa shape index (κ1) is 22.8. The van der Waals surface area contributed by atoms with Crippen LogP contribution in [-0.2, 0) is 14.3 Å². The van der Waals surface area contributed by atoms with Crippen LogP contribution in [-0.4, -0.2) is 33.2 Å². The highest BCUT2D eigenvalue weighted by Crippen LogP contribution is 2.36. The van der Waals surface area contributed by atoms with E-state index in [9.17, 15) is 14.7 Å². The second-order valence-corrected chi connectivity index (χ2v) is 7.75. The maximum atomic E-state index is 13.2. The number of nitrogens with one attached hydrogen (secondary N) is 1. The second-order valence-electron chi connectivity index (χ2n) is 7.75. The smallest absolute Gasteiger partial charge is 0.337 e. The number of hydrogen-bond acceptors (Lipinski definition) is 5. The third kappa shape index (κ3) is 4.68. The topological polar surface area (TPSA) is 93.5 Å². The van der Waals surface area contributed by atoms with E-state index in [1.54, 1.807) is 32.4 Å². The summed E-state index contributed by atoms with van der Waals surface area (Å²) in [6.07, 6.45) is 8.77. The van der Waals surface area contributed by atoms with E-state index in [0.717, 1.165) is 16.8 Å². The predicted molar refractivity (Wildman–Crippen MR) is 130 cm³/mol. The Balaban J connectivity index is 1.89. The van der Waals surface area contributed by atoms with Gasteiger partial charge in [0.1, 0.15) is 0 Å². The molecular weight excluding hydrogens is 430 g/mol. The number of hydrogen-bond donors (Lipinski definition) is 2. The van der Waals surface area contributed by atoms with E-state index < -0.39 is 17.9 Å². The van der Waals surface area contributed by atoms with Gasteiger partial charge >= 0.3 is 11.9 Å². The van der Waals surface area contributed by atoms with E-state index in [4.69, 9.17) is 4.74 Å². The Morgan fingerprint density at radius 3 is 2.62 bits per heavy atom. The standard InChI is InChI=1S/C27H25N3O4/c1-3-34-27(33)24-22(13-12-19-8-5-4-6-9-19)23(26(31)32)18(2)29-25(24)20-10-7-11-21(16-20)30-15-14-28-17-30/h4-17,22,29H,3H2,1-2H3,(H,31,32)/b13-12+. The zero-order valence-corrected chi connectivity index (χ0v) is 18.9. The van der Waals surface area contributed by atoms with Crippen LogP contribution in [0.1, 0.15) is 25.0 Å².